The van der Waals surface area contributed by atoms with Crippen LogP contribution in [-0.4, -0.2) is 21.9 Å². The molecule has 1 aliphatic carbocycles. The summed E-state index contributed by atoms with van der Waals surface area (Å²) in [6.07, 6.45) is 6.52. The molecule has 0 spiro atoms. The number of amides is 1. The Kier molecular flexibility index (Phi) is 6.68. The first kappa shape index (κ1) is 20.5. The SMILES string of the molecule is CCCCCN(Cc1cccn1Cc1ccccc1)C(=O)[C@@H]1C[C@@H]1c1ccccc1. The highest BCUT2D eigenvalue weighted by Crippen LogP contribution is 2.48. The van der Waals surface area contributed by atoms with Gasteiger partial charge in [0.2, 0.25) is 5.91 Å². The number of hydrogen-bond acceptors (Lipinski definition) is 1. The molecule has 1 heterocycles. The van der Waals surface area contributed by atoms with Crippen molar-refractivity contribution in [3.63, 3.8) is 0 Å². The molecule has 1 amide bonds. The molecule has 0 saturated heterocycles. The van der Waals surface area contributed by atoms with Crippen molar-refractivity contribution in [1.29, 1.82) is 0 Å². The molecule has 1 aromatic heterocycles. The van der Waals surface area contributed by atoms with E-state index in [4.69, 9.17) is 0 Å². The van der Waals surface area contributed by atoms with Gasteiger partial charge in [0.05, 0.1) is 6.54 Å². The molecule has 1 fully saturated rings. The molecule has 0 radical (unpaired) electrons. The van der Waals surface area contributed by atoms with Gasteiger partial charge in [0.1, 0.15) is 0 Å². The first-order chi connectivity index (χ1) is 14.8. The maximum atomic E-state index is 13.4. The maximum absolute atomic E-state index is 13.4. The largest absolute Gasteiger partial charge is 0.345 e. The van der Waals surface area contributed by atoms with E-state index >= 15 is 0 Å². The number of carbonyl (C=O) groups excluding carboxylic acids is 1. The second-order valence-corrected chi connectivity index (χ2v) is 8.44. The lowest BCUT2D eigenvalue weighted by Crippen LogP contribution is -2.34. The number of unbranched alkanes of at least 4 members (excludes halogenated alkanes) is 2. The van der Waals surface area contributed by atoms with Gasteiger partial charge in [-0.25, -0.2) is 0 Å². The number of aromatic nitrogens is 1. The Bertz CT molecular complexity index is 932. The van der Waals surface area contributed by atoms with Crippen molar-refractivity contribution < 1.29 is 4.79 Å². The molecule has 156 valence electrons. The molecule has 3 nitrogen and oxygen atoms in total. The molecule has 2 aromatic carbocycles. The van der Waals surface area contributed by atoms with Gasteiger partial charge in [0.15, 0.2) is 0 Å². The van der Waals surface area contributed by atoms with Gasteiger partial charge in [-0.15, -0.1) is 0 Å². The van der Waals surface area contributed by atoms with Crippen LogP contribution in [-0.2, 0) is 17.9 Å². The van der Waals surface area contributed by atoms with Gasteiger partial charge in [-0.2, -0.15) is 0 Å². The molecule has 0 unspecified atom stereocenters. The normalized spacial score (nSPS) is 17.6. The Labute approximate surface area is 180 Å². The number of rotatable bonds is 10. The summed E-state index contributed by atoms with van der Waals surface area (Å²) in [5.74, 6) is 0.863. The van der Waals surface area contributed by atoms with E-state index in [0.29, 0.717) is 18.4 Å². The minimum Gasteiger partial charge on any atom is -0.345 e. The molecule has 4 rings (SSSR count). The Morgan fingerprint density at radius 2 is 1.70 bits per heavy atom. The van der Waals surface area contributed by atoms with E-state index in [2.05, 4.69) is 83.3 Å². The van der Waals surface area contributed by atoms with Crippen molar-refractivity contribution in [2.45, 2.75) is 51.6 Å². The fourth-order valence-electron chi connectivity index (χ4n) is 4.31. The molecule has 3 heteroatoms. The van der Waals surface area contributed by atoms with Crippen LogP contribution >= 0.6 is 0 Å². The molecule has 1 aliphatic rings. The average Bonchev–Trinajstić information content (AvgIpc) is 3.48. The molecule has 3 aromatic rings. The summed E-state index contributed by atoms with van der Waals surface area (Å²) < 4.78 is 2.27. The monoisotopic (exact) mass is 400 g/mol. The van der Waals surface area contributed by atoms with Crippen LogP contribution in [0.3, 0.4) is 0 Å². The minimum atomic E-state index is 0.145. The van der Waals surface area contributed by atoms with Crippen LogP contribution in [0.4, 0.5) is 0 Å². The van der Waals surface area contributed by atoms with Crippen LogP contribution in [0, 0.1) is 5.92 Å². The predicted octanol–water partition coefficient (Wildman–Crippen LogP) is 5.86. The highest BCUT2D eigenvalue weighted by molar-refractivity contribution is 5.83. The van der Waals surface area contributed by atoms with E-state index in [0.717, 1.165) is 25.9 Å². The highest BCUT2D eigenvalue weighted by atomic mass is 16.2. The molecular formula is C27H32N2O. The summed E-state index contributed by atoms with van der Waals surface area (Å²) in [6, 6.07) is 25.3. The zero-order chi connectivity index (χ0) is 20.8. The second-order valence-electron chi connectivity index (χ2n) is 8.44. The molecule has 1 saturated carbocycles. The van der Waals surface area contributed by atoms with E-state index in [1.165, 1.54) is 29.7 Å². The lowest BCUT2D eigenvalue weighted by Gasteiger charge is -2.24. The summed E-state index contributed by atoms with van der Waals surface area (Å²) in [4.78, 5) is 15.5. The highest BCUT2D eigenvalue weighted by Gasteiger charge is 2.45. The Balaban J connectivity index is 1.45. The number of benzene rings is 2. The van der Waals surface area contributed by atoms with Crippen molar-refractivity contribution in [3.8, 4) is 0 Å². The zero-order valence-corrected chi connectivity index (χ0v) is 17.9. The van der Waals surface area contributed by atoms with Crippen LogP contribution in [0.25, 0.3) is 0 Å². The number of carbonyl (C=O) groups is 1. The quantitative estimate of drug-likeness (QED) is 0.391. The molecule has 2 atom stereocenters. The standard InChI is InChI=1S/C27H32N2O/c1-2-3-10-17-29(27(30)26-19-25(26)23-14-8-5-9-15-23)21-24-16-11-18-28(24)20-22-12-6-4-7-13-22/h4-9,11-16,18,25-26H,2-3,10,17,19-21H2,1H3/t25-,26-/m1/s1. The van der Waals surface area contributed by atoms with Crippen LogP contribution in [0.15, 0.2) is 79.0 Å². The fourth-order valence-corrected chi connectivity index (χ4v) is 4.31. The third kappa shape index (κ3) is 5.02. The third-order valence-corrected chi connectivity index (χ3v) is 6.15. The van der Waals surface area contributed by atoms with E-state index < -0.39 is 0 Å². The van der Waals surface area contributed by atoms with Crippen LogP contribution in [0.2, 0.25) is 0 Å². The van der Waals surface area contributed by atoms with Gasteiger partial charge in [0, 0.05) is 30.9 Å². The molecular weight excluding hydrogens is 368 g/mol. The topological polar surface area (TPSA) is 25.2 Å². The van der Waals surface area contributed by atoms with E-state index in [1.54, 1.807) is 0 Å². The first-order valence-electron chi connectivity index (χ1n) is 11.3. The van der Waals surface area contributed by atoms with Gasteiger partial charge >= 0.3 is 0 Å². The lowest BCUT2D eigenvalue weighted by molar-refractivity contribution is -0.133. The zero-order valence-electron chi connectivity index (χ0n) is 17.9. The summed E-state index contributed by atoms with van der Waals surface area (Å²) in [6.45, 7) is 4.60. The summed E-state index contributed by atoms with van der Waals surface area (Å²) in [5, 5.41) is 0. The van der Waals surface area contributed by atoms with Crippen molar-refractivity contribution in [2.24, 2.45) is 5.92 Å². The Morgan fingerprint density at radius 3 is 2.43 bits per heavy atom. The Hall–Kier alpha value is -2.81. The van der Waals surface area contributed by atoms with E-state index in [9.17, 15) is 4.79 Å². The molecule has 0 N–H and O–H groups in total. The van der Waals surface area contributed by atoms with Crippen LogP contribution < -0.4 is 0 Å². The van der Waals surface area contributed by atoms with E-state index in [-0.39, 0.29) is 5.92 Å². The van der Waals surface area contributed by atoms with E-state index in [1.807, 2.05) is 12.1 Å². The summed E-state index contributed by atoms with van der Waals surface area (Å²) in [7, 11) is 0. The van der Waals surface area contributed by atoms with Gasteiger partial charge in [-0.05, 0) is 42.0 Å². The molecule has 0 aliphatic heterocycles. The summed E-state index contributed by atoms with van der Waals surface area (Å²) in [5.41, 5.74) is 3.79. The first-order valence-corrected chi connectivity index (χ1v) is 11.3. The van der Waals surface area contributed by atoms with Crippen molar-refractivity contribution in [2.75, 3.05) is 6.54 Å². The summed E-state index contributed by atoms with van der Waals surface area (Å²) >= 11 is 0. The van der Waals surface area contributed by atoms with Gasteiger partial charge in [-0.3, -0.25) is 4.79 Å². The lowest BCUT2D eigenvalue weighted by atomic mass is 10.1. The predicted molar refractivity (Wildman–Crippen MR) is 122 cm³/mol. The maximum Gasteiger partial charge on any atom is 0.226 e. The second kappa shape index (κ2) is 9.80. The smallest absolute Gasteiger partial charge is 0.226 e. The van der Waals surface area contributed by atoms with Crippen LogP contribution in [0.1, 0.15) is 55.3 Å². The van der Waals surface area contributed by atoms with Gasteiger partial charge in [0.25, 0.3) is 0 Å². The van der Waals surface area contributed by atoms with Crippen molar-refractivity contribution >= 4 is 5.91 Å². The number of nitrogens with zero attached hydrogens (tertiary/aromatic N) is 2. The van der Waals surface area contributed by atoms with Gasteiger partial charge < -0.3 is 9.47 Å². The molecule has 30 heavy (non-hydrogen) atoms. The Morgan fingerprint density at radius 1 is 0.967 bits per heavy atom. The fraction of sp³-hybridized carbons (Fsp3) is 0.370. The van der Waals surface area contributed by atoms with Crippen molar-refractivity contribution in [1.82, 2.24) is 9.47 Å². The average molecular weight is 401 g/mol. The molecule has 0 bridgehead atoms. The van der Waals surface area contributed by atoms with Crippen molar-refractivity contribution in [3.05, 3.63) is 95.8 Å². The van der Waals surface area contributed by atoms with Gasteiger partial charge in [-0.1, -0.05) is 80.4 Å². The third-order valence-electron chi connectivity index (χ3n) is 6.15. The minimum absolute atomic E-state index is 0.145. The number of hydrogen-bond donors (Lipinski definition) is 0. The van der Waals surface area contributed by atoms with Crippen LogP contribution in [0.5, 0.6) is 0 Å².